The van der Waals surface area contributed by atoms with Crippen LogP contribution in [0, 0.1) is 0 Å². The van der Waals surface area contributed by atoms with Crippen LogP contribution in [0.2, 0.25) is 0 Å². The van der Waals surface area contributed by atoms with Crippen LogP contribution < -0.4 is 0 Å². The van der Waals surface area contributed by atoms with Crippen LogP contribution in [-0.4, -0.2) is 11.0 Å². The molecular formula is C16H10BrNO2. The van der Waals surface area contributed by atoms with E-state index in [1.54, 1.807) is 24.5 Å². The maximum Gasteiger partial charge on any atom is 0.343 e. The maximum atomic E-state index is 11.9. The van der Waals surface area contributed by atoms with E-state index >= 15 is 0 Å². The zero-order valence-electron chi connectivity index (χ0n) is 10.4. The van der Waals surface area contributed by atoms with Gasteiger partial charge in [0.1, 0.15) is 5.76 Å². The number of nitrogens with zero attached hydrogens (tertiary/aromatic N) is 1. The van der Waals surface area contributed by atoms with Gasteiger partial charge in [0, 0.05) is 22.4 Å². The van der Waals surface area contributed by atoms with E-state index in [9.17, 15) is 4.79 Å². The molecule has 0 spiro atoms. The van der Waals surface area contributed by atoms with Crippen LogP contribution in [0.4, 0.5) is 0 Å². The second-order valence-electron chi connectivity index (χ2n) is 4.29. The number of halogens is 1. The number of aromatic nitrogens is 1. The van der Waals surface area contributed by atoms with E-state index in [1.165, 1.54) is 0 Å². The van der Waals surface area contributed by atoms with Gasteiger partial charge in [0.15, 0.2) is 0 Å². The molecule has 3 rings (SSSR count). The van der Waals surface area contributed by atoms with E-state index in [0.29, 0.717) is 11.3 Å². The SMILES string of the molecule is O=C1OC(c2ccc(Br)cc2)=CC1=Cc1cccnc1. The average Bonchev–Trinajstić information content (AvgIpc) is 2.82. The Kier molecular flexibility index (Phi) is 3.48. The number of benzene rings is 1. The van der Waals surface area contributed by atoms with Crippen molar-refractivity contribution in [2.45, 2.75) is 0 Å². The third-order valence-electron chi connectivity index (χ3n) is 2.86. The number of esters is 1. The highest BCUT2D eigenvalue weighted by molar-refractivity contribution is 9.10. The molecule has 98 valence electrons. The van der Waals surface area contributed by atoms with Crippen LogP contribution in [0.1, 0.15) is 11.1 Å². The fourth-order valence-electron chi connectivity index (χ4n) is 1.89. The smallest absolute Gasteiger partial charge is 0.343 e. The average molecular weight is 328 g/mol. The van der Waals surface area contributed by atoms with Gasteiger partial charge in [-0.05, 0) is 35.9 Å². The number of ether oxygens (including phenoxy) is 1. The summed E-state index contributed by atoms with van der Waals surface area (Å²) < 4.78 is 6.27. The lowest BCUT2D eigenvalue weighted by Crippen LogP contribution is -1.97. The van der Waals surface area contributed by atoms with Crippen molar-refractivity contribution in [1.82, 2.24) is 4.98 Å². The topological polar surface area (TPSA) is 39.2 Å². The lowest BCUT2D eigenvalue weighted by atomic mass is 10.1. The summed E-state index contributed by atoms with van der Waals surface area (Å²) in [6, 6.07) is 11.3. The normalized spacial score (nSPS) is 16.1. The molecule has 1 aromatic carbocycles. The fraction of sp³-hybridized carbons (Fsp3) is 0. The third kappa shape index (κ3) is 2.70. The van der Waals surface area contributed by atoms with Crippen LogP contribution in [0.15, 0.2) is 64.9 Å². The van der Waals surface area contributed by atoms with Gasteiger partial charge in [-0.1, -0.05) is 34.1 Å². The van der Waals surface area contributed by atoms with Crippen molar-refractivity contribution in [3.8, 4) is 0 Å². The minimum atomic E-state index is -0.341. The van der Waals surface area contributed by atoms with Gasteiger partial charge in [0.05, 0.1) is 5.57 Å². The first-order valence-corrected chi connectivity index (χ1v) is 6.83. The van der Waals surface area contributed by atoms with Gasteiger partial charge in [-0.25, -0.2) is 4.79 Å². The van der Waals surface area contributed by atoms with E-state index in [0.717, 1.165) is 15.6 Å². The van der Waals surface area contributed by atoms with Crippen molar-refractivity contribution in [1.29, 1.82) is 0 Å². The zero-order chi connectivity index (χ0) is 13.9. The number of pyridine rings is 1. The zero-order valence-corrected chi connectivity index (χ0v) is 12.0. The molecular weight excluding hydrogens is 318 g/mol. The van der Waals surface area contributed by atoms with Crippen molar-refractivity contribution < 1.29 is 9.53 Å². The number of carbonyl (C=O) groups is 1. The van der Waals surface area contributed by atoms with Crippen molar-refractivity contribution in [2.75, 3.05) is 0 Å². The quantitative estimate of drug-likeness (QED) is 0.621. The second-order valence-corrected chi connectivity index (χ2v) is 5.21. The lowest BCUT2D eigenvalue weighted by Gasteiger charge is -2.01. The molecule has 0 bridgehead atoms. The predicted molar refractivity (Wildman–Crippen MR) is 80.4 cm³/mol. The summed E-state index contributed by atoms with van der Waals surface area (Å²) in [5, 5.41) is 0. The van der Waals surface area contributed by atoms with Gasteiger partial charge in [0.2, 0.25) is 0 Å². The van der Waals surface area contributed by atoms with Crippen molar-refractivity contribution in [3.05, 3.63) is 76.0 Å². The molecule has 0 atom stereocenters. The molecule has 0 fully saturated rings. The molecule has 3 nitrogen and oxygen atoms in total. The van der Waals surface area contributed by atoms with Crippen molar-refractivity contribution in [3.63, 3.8) is 0 Å². The molecule has 0 saturated heterocycles. The van der Waals surface area contributed by atoms with E-state index < -0.39 is 0 Å². The summed E-state index contributed by atoms with van der Waals surface area (Å²) in [6.07, 6.45) is 6.91. The minimum absolute atomic E-state index is 0.341. The molecule has 0 amide bonds. The molecule has 2 heterocycles. The minimum Gasteiger partial charge on any atom is -0.422 e. The molecule has 1 aliphatic rings. The van der Waals surface area contributed by atoms with Crippen LogP contribution >= 0.6 is 15.9 Å². The molecule has 0 aliphatic carbocycles. The first kappa shape index (κ1) is 12.8. The van der Waals surface area contributed by atoms with Gasteiger partial charge in [-0.3, -0.25) is 4.98 Å². The van der Waals surface area contributed by atoms with Gasteiger partial charge in [-0.2, -0.15) is 0 Å². The molecule has 0 unspecified atom stereocenters. The molecule has 1 aliphatic heterocycles. The van der Waals surface area contributed by atoms with Crippen molar-refractivity contribution >= 4 is 33.7 Å². The number of hydrogen-bond donors (Lipinski definition) is 0. The summed E-state index contributed by atoms with van der Waals surface area (Å²) in [5.74, 6) is 0.226. The van der Waals surface area contributed by atoms with Gasteiger partial charge < -0.3 is 4.74 Å². The Morgan fingerprint density at radius 3 is 2.65 bits per heavy atom. The van der Waals surface area contributed by atoms with Gasteiger partial charge in [0.25, 0.3) is 0 Å². The van der Waals surface area contributed by atoms with Crippen molar-refractivity contribution in [2.24, 2.45) is 0 Å². The lowest BCUT2D eigenvalue weighted by molar-refractivity contribution is -0.130. The van der Waals surface area contributed by atoms with E-state index in [-0.39, 0.29) is 5.97 Å². The Bertz CT molecular complexity index is 703. The Balaban J connectivity index is 1.93. The summed E-state index contributed by atoms with van der Waals surface area (Å²) >= 11 is 3.38. The number of carbonyl (C=O) groups excluding carboxylic acids is 1. The van der Waals surface area contributed by atoms with Crippen LogP contribution in [0.3, 0.4) is 0 Å². The third-order valence-corrected chi connectivity index (χ3v) is 3.39. The largest absolute Gasteiger partial charge is 0.422 e. The molecule has 0 saturated carbocycles. The number of hydrogen-bond acceptors (Lipinski definition) is 3. The summed E-state index contributed by atoms with van der Waals surface area (Å²) in [5.41, 5.74) is 2.26. The Morgan fingerprint density at radius 2 is 1.95 bits per heavy atom. The van der Waals surface area contributed by atoms with Crippen LogP contribution in [-0.2, 0) is 9.53 Å². The molecule has 0 radical (unpaired) electrons. The fourth-order valence-corrected chi connectivity index (χ4v) is 2.15. The first-order valence-electron chi connectivity index (χ1n) is 6.04. The predicted octanol–water partition coefficient (Wildman–Crippen LogP) is 3.83. The van der Waals surface area contributed by atoms with E-state index in [4.69, 9.17) is 4.74 Å². The molecule has 2 aromatic rings. The van der Waals surface area contributed by atoms with Crippen LogP contribution in [0.25, 0.3) is 11.8 Å². The standard InChI is InChI=1S/C16H10BrNO2/c17-14-5-3-12(4-6-14)15-9-13(16(19)20-15)8-11-2-1-7-18-10-11/h1-10H. The van der Waals surface area contributed by atoms with E-state index in [2.05, 4.69) is 20.9 Å². The summed E-state index contributed by atoms with van der Waals surface area (Å²) in [4.78, 5) is 15.9. The highest BCUT2D eigenvalue weighted by atomic mass is 79.9. The molecule has 4 heteroatoms. The second kappa shape index (κ2) is 5.43. The summed E-state index contributed by atoms with van der Waals surface area (Å²) in [7, 11) is 0. The van der Waals surface area contributed by atoms with E-state index in [1.807, 2.05) is 36.4 Å². The van der Waals surface area contributed by atoms with Gasteiger partial charge in [-0.15, -0.1) is 0 Å². The Labute approximate surface area is 124 Å². The van der Waals surface area contributed by atoms with Gasteiger partial charge >= 0.3 is 5.97 Å². The van der Waals surface area contributed by atoms with Crippen LogP contribution in [0.5, 0.6) is 0 Å². The molecule has 20 heavy (non-hydrogen) atoms. The maximum absolute atomic E-state index is 11.9. The molecule has 1 aromatic heterocycles. The molecule has 0 N–H and O–H groups in total. The highest BCUT2D eigenvalue weighted by Crippen LogP contribution is 2.28. The highest BCUT2D eigenvalue weighted by Gasteiger charge is 2.21. The summed E-state index contributed by atoms with van der Waals surface area (Å²) in [6.45, 7) is 0. The Hall–Kier alpha value is -2.20. The Morgan fingerprint density at radius 1 is 1.15 bits per heavy atom. The number of cyclic esters (lactones) is 1. The monoisotopic (exact) mass is 327 g/mol. The number of rotatable bonds is 2. The first-order chi connectivity index (χ1) is 9.72.